The van der Waals surface area contributed by atoms with Gasteiger partial charge in [-0.25, -0.2) is 8.42 Å². The first kappa shape index (κ1) is 14.4. The summed E-state index contributed by atoms with van der Waals surface area (Å²) in [6, 6.07) is 9.42. The van der Waals surface area contributed by atoms with Crippen LogP contribution < -0.4 is 0 Å². The van der Waals surface area contributed by atoms with Gasteiger partial charge in [0.05, 0.1) is 5.54 Å². The fourth-order valence-corrected chi connectivity index (χ4v) is 4.94. The smallest absolute Gasteiger partial charge is 0.212 e. The van der Waals surface area contributed by atoms with Gasteiger partial charge in [-0.15, -0.1) is 0 Å². The second kappa shape index (κ2) is 4.53. The maximum absolute atomic E-state index is 12.1. The fraction of sp³-hybridized carbons (Fsp3) is 0.455. The van der Waals surface area contributed by atoms with Gasteiger partial charge >= 0.3 is 0 Å². The number of rotatable bonds is 3. The lowest BCUT2D eigenvalue weighted by Crippen LogP contribution is -2.28. The van der Waals surface area contributed by atoms with Crippen LogP contribution in [0.2, 0.25) is 0 Å². The predicted molar refractivity (Wildman–Crippen MR) is 74.6 cm³/mol. The molecule has 0 spiro atoms. The highest BCUT2D eigenvalue weighted by atomic mass is 35.6. The summed E-state index contributed by atoms with van der Waals surface area (Å²) in [5, 5.41) is 0. The molecule has 0 bridgehead atoms. The van der Waals surface area contributed by atoms with E-state index >= 15 is 0 Å². The minimum Gasteiger partial charge on any atom is -0.212 e. The molecular formula is C11H12Cl3NO2S. The third-order valence-corrected chi connectivity index (χ3v) is 5.85. The molecule has 18 heavy (non-hydrogen) atoms. The Labute approximate surface area is 122 Å². The van der Waals surface area contributed by atoms with Gasteiger partial charge in [-0.3, -0.25) is 0 Å². The number of halogens is 3. The van der Waals surface area contributed by atoms with Gasteiger partial charge < -0.3 is 0 Å². The van der Waals surface area contributed by atoms with Crippen LogP contribution in [0.1, 0.15) is 12.5 Å². The van der Waals surface area contributed by atoms with Crippen LogP contribution in [0.15, 0.2) is 30.3 Å². The van der Waals surface area contributed by atoms with Crippen LogP contribution in [0.25, 0.3) is 0 Å². The van der Waals surface area contributed by atoms with Crippen LogP contribution in [0.4, 0.5) is 0 Å². The molecule has 0 aliphatic carbocycles. The van der Waals surface area contributed by atoms with Crippen molar-refractivity contribution in [1.29, 1.82) is 0 Å². The largest absolute Gasteiger partial charge is 0.219 e. The van der Waals surface area contributed by atoms with Crippen molar-refractivity contribution < 1.29 is 8.42 Å². The van der Waals surface area contributed by atoms with E-state index in [-0.39, 0.29) is 0 Å². The van der Waals surface area contributed by atoms with E-state index in [2.05, 4.69) is 0 Å². The maximum Gasteiger partial charge on any atom is 0.219 e. The van der Waals surface area contributed by atoms with E-state index in [1.807, 2.05) is 37.3 Å². The topological polar surface area (TPSA) is 37.1 Å². The summed E-state index contributed by atoms with van der Waals surface area (Å²) >= 11 is 16.7. The van der Waals surface area contributed by atoms with Gasteiger partial charge in [0.2, 0.25) is 13.8 Å². The zero-order valence-electron chi connectivity index (χ0n) is 9.61. The zero-order chi connectivity index (χ0) is 13.6. The van der Waals surface area contributed by atoms with Gasteiger partial charge in [0.1, 0.15) is 5.75 Å². The zero-order valence-corrected chi connectivity index (χ0v) is 12.7. The van der Waals surface area contributed by atoms with Crippen LogP contribution in [0.5, 0.6) is 0 Å². The molecule has 1 aromatic rings. The summed E-state index contributed by atoms with van der Waals surface area (Å²) in [6.45, 7) is 2.28. The molecule has 0 amide bonds. The summed E-state index contributed by atoms with van der Waals surface area (Å²) in [7, 11) is -3.56. The monoisotopic (exact) mass is 327 g/mol. The van der Waals surface area contributed by atoms with Gasteiger partial charge in [-0.05, 0) is 12.5 Å². The molecule has 100 valence electrons. The number of hydrogen-bond acceptors (Lipinski definition) is 2. The number of alkyl halides is 3. The summed E-state index contributed by atoms with van der Waals surface area (Å²) in [5.74, 6) is -0.507. The summed E-state index contributed by atoms with van der Waals surface area (Å²) in [4.78, 5) is 0. The molecule has 1 aromatic carbocycles. The van der Waals surface area contributed by atoms with Crippen molar-refractivity contribution in [3.8, 4) is 0 Å². The second-order valence-corrected chi connectivity index (χ2v) is 8.93. The van der Waals surface area contributed by atoms with Crippen molar-refractivity contribution in [2.75, 3.05) is 12.3 Å². The average Bonchev–Trinajstić information content (AvgIpc) is 2.91. The molecule has 1 aliphatic rings. The van der Waals surface area contributed by atoms with Crippen molar-refractivity contribution in [2.45, 2.75) is 16.3 Å². The van der Waals surface area contributed by atoms with E-state index in [0.717, 1.165) is 5.56 Å². The van der Waals surface area contributed by atoms with Crippen molar-refractivity contribution >= 4 is 44.8 Å². The second-order valence-electron chi connectivity index (χ2n) is 4.52. The summed E-state index contributed by atoms with van der Waals surface area (Å²) in [5.41, 5.74) is 0.425. The molecule has 0 aromatic heterocycles. The molecule has 0 radical (unpaired) electrons. The highest BCUT2D eigenvalue weighted by molar-refractivity contribution is 7.89. The summed E-state index contributed by atoms with van der Waals surface area (Å²) in [6.07, 6.45) is 0. The SMILES string of the molecule is CC1(c2ccccc2)CN1S(=O)(=O)CC(Cl)(Cl)Cl. The first-order valence-electron chi connectivity index (χ1n) is 5.28. The Morgan fingerprint density at radius 2 is 1.83 bits per heavy atom. The third-order valence-electron chi connectivity index (χ3n) is 2.98. The Hall–Kier alpha value is -0.000000000000000111. The Bertz CT molecular complexity index is 541. The lowest BCUT2D eigenvalue weighted by Gasteiger charge is -2.16. The third kappa shape index (κ3) is 2.94. The van der Waals surface area contributed by atoms with Crippen molar-refractivity contribution in [2.24, 2.45) is 0 Å². The average molecular weight is 329 g/mol. The molecule has 2 rings (SSSR count). The van der Waals surface area contributed by atoms with Crippen LogP contribution in [-0.4, -0.2) is 28.8 Å². The Kier molecular flexibility index (Phi) is 3.63. The minimum absolute atomic E-state index is 0.417. The van der Waals surface area contributed by atoms with Crippen LogP contribution in [-0.2, 0) is 15.6 Å². The molecule has 3 nitrogen and oxygen atoms in total. The highest BCUT2D eigenvalue weighted by Crippen LogP contribution is 2.46. The maximum atomic E-state index is 12.1. The quantitative estimate of drug-likeness (QED) is 0.632. The highest BCUT2D eigenvalue weighted by Gasteiger charge is 2.57. The molecule has 0 N–H and O–H groups in total. The van der Waals surface area contributed by atoms with Crippen molar-refractivity contribution in [3.63, 3.8) is 0 Å². The van der Waals surface area contributed by atoms with E-state index in [9.17, 15) is 8.42 Å². The first-order chi connectivity index (χ1) is 8.15. The lowest BCUT2D eigenvalue weighted by molar-refractivity contribution is 0.523. The van der Waals surface area contributed by atoms with Gasteiger partial charge in [0.15, 0.2) is 0 Å². The lowest BCUT2D eigenvalue weighted by atomic mass is 10.0. The van der Waals surface area contributed by atoms with E-state index in [1.54, 1.807) is 0 Å². The van der Waals surface area contributed by atoms with E-state index in [4.69, 9.17) is 34.8 Å². The number of nitrogens with zero attached hydrogens (tertiary/aromatic N) is 1. The van der Waals surface area contributed by atoms with Gasteiger partial charge in [-0.2, -0.15) is 4.31 Å². The molecule has 2 atom stereocenters. The van der Waals surface area contributed by atoms with Gasteiger partial charge in [0, 0.05) is 6.54 Å². The molecule has 1 fully saturated rings. The molecule has 1 heterocycles. The van der Waals surface area contributed by atoms with Crippen LogP contribution in [0, 0.1) is 0 Å². The van der Waals surface area contributed by atoms with Crippen LogP contribution >= 0.6 is 34.8 Å². The standard InChI is InChI=1S/C11H12Cl3NO2S/c1-10(9-5-3-2-4-6-9)7-15(10)18(16,17)8-11(12,13)14/h2-6H,7-8H2,1H3. The molecule has 0 saturated carbocycles. The van der Waals surface area contributed by atoms with E-state index < -0.39 is 25.1 Å². The number of benzene rings is 1. The molecular weight excluding hydrogens is 317 g/mol. The molecule has 1 aliphatic heterocycles. The van der Waals surface area contributed by atoms with Gasteiger partial charge in [0.25, 0.3) is 0 Å². The summed E-state index contributed by atoms with van der Waals surface area (Å²) < 4.78 is 23.7. The Balaban J connectivity index is 2.21. The van der Waals surface area contributed by atoms with Crippen molar-refractivity contribution in [1.82, 2.24) is 4.31 Å². The number of sulfonamides is 1. The Morgan fingerprint density at radius 3 is 2.33 bits per heavy atom. The van der Waals surface area contributed by atoms with Gasteiger partial charge in [-0.1, -0.05) is 65.1 Å². The minimum atomic E-state index is -3.56. The van der Waals surface area contributed by atoms with E-state index in [0.29, 0.717) is 6.54 Å². The normalized spacial score (nSPS) is 28.1. The fourth-order valence-electron chi connectivity index (χ4n) is 1.97. The predicted octanol–water partition coefficient (Wildman–Crippen LogP) is 2.92. The number of hydrogen-bond donors (Lipinski definition) is 0. The Morgan fingerprint density at radius 1 is 1.28 bits per heavy atom. The molecule has 7 heteroatoms. The van der Waals surface area contributed by atoms with E-state index in [1.165, 1.54) is 4.31 Å². The first-order valence-corrected chi connectivity index (χ1v) is 8.02. The molecule has 1 saturated heterocycles. The van der Waals surface area contributed by atoms with Crippen molar-refractivity contribution in [3.05, 3.63) is 35.9 Å². The molecule has 2 unspecified atom stereocenters. The van der Waals surface area contributed by atoms with Crippen LogP contribution in [0.3, 0.4) is 0 Å².